The lowest BCUT2D eigenvalue weighted by Crippen LogP contribution is -2.31. The Kier molecular flexibility index (Phi) is 8.48. The number of H-pyrrole nitrogens is 1. The molecular weight excluding hydrogens is 622 g/mol. The van der Waals surface area contributed by atoms with Crippen LogP contribution < -0.4 is 17.0 Å². The van der Waals surface area contributed by atoms with Crippen molar-refractivity contribution in [3.63, 3.8) is 0 Å². The van der Waals surface area contributed by atoms with Gasteiger partial charge < -0.3 is 25.3 Å². The van der Waals surface area contributed by atoms with Crippen LogP contribution in [0.4, 0.5) is 20.5 Å². The van der Waals surface area contributed by atoms with E-state index in [-0.39, 0.29) is 38.3 Å². The van der Waals surface area contributed by atoms with Gasteiger partial charge in [0, 0.05) is 24.2 Å². The molecule has 2 aliphatic heterocycles. The number of anilines is 2. The number of rotatable bonds is 10. The zero-order valence-corrected chi connectivity index (χ0v) is 24.3. The van der Waals surface area contributed by atoms with Crippen LogP contribution in [0.15, 0.2) is 17.4 Å². The predicted molar refractivity (Wildman–Crippen MR) is 150 cm³/mol. The lowest BCUT2D eigenvalue weighted by Gasteiger charge is -2.19. The summed E-state index contributed by atoms with van der Waals surface area (Å²) in [6.45, 7) is 0.120. The Balaban J connectivity index is 1.11. The topological polar surface area (TPSA) is 229 Å². The maximum Gasteiger partial charge on any atom is 0.282 e. The summed E-state index contributed by atoms with van der Waals surface area (Å²) in [6.07, 6.45) is -2.81. The third-order valence-electron chi connectivity index (χ3n) is 7.02. The van der Waals surface area contributed by atoms with Crippen molar-refractivity contribution in [1.29, 1.82) is 0 Å². The molecule has 0 amide bonds. The molecule has 0 radical (unpaired) electrons. The summed E-state index contributed by atoms with van der Waals surface area (Å²) in [5, 5.41) is 16.1. The SMILES string of the molecule is Nc1nc2c(nnn2[C@@H]2SC(OPCC[C@H]3[C@H](F)[C@H](n4cnc5c(N)ncnc54)O[C@@H]3COP)[C@@H](F)[C@H]2OO)c(=O)[nH]1. The maximum atomic E-state index is 15.8. The molecule has 3 unspecified atom stereocenters. The number of alkyl halides is 2. The molecule has 10 atom stereocenters. The fraction of sp³-hybridized carbons (Fsp3) is 0.550. The van der Waals surface area contributed by atoms with Gasteiger partial charge in [-0.05, 0) is 12.6 Å². The second-order valence-corrected chi connectivity index (χ2v) is 12.0. The number of imidazole rings is 1. The van der Waals surface area contributed by atoms with Gasteiger partial charge in [0.05, 0.1) is 19.0 Å². The number of thioether (sulfide) groups is 1. The Morgan fingerprint density at radius 2 is 2.05 bits per heavy atom. The van der Waals surface area contributed by atoms with Gasteiger partial charge in [0.2, 0.25) is 5.95 Å². The number of nitrogens with zero attached hydrogens (tertiary/aromatic N) is 8. The second-order valence-electron chi connectivity index (χ2n) is 9.46. The highest BCUT2D eigenvalue weighted by molar-refractivity contribution is 8.00. The number of ether oxygens (including phenoxy) is 1. The van der Waals surface area contributed by atoms with Crippen LogP contribution in [0.2, 0.25) is 0 Å². The largest absolute Gasteiger partial charge is 0.382 e. The van der Waals surface area contributed by atoms with Gasteiger partial charge >= 0.3 is 0 Å². The van der Waals surface area contributed by atoms with Gasteiger partial charge in [0.25, 0.3) is 5.56 Å². The molecule has 42 heavy (non-hydrogen) atoms. The smallest absolute Gasteiger partial charge is 0.282 e. The minimum atomic E-state index is -1.77. The number of nitrogens with two attached hydrogens (primary N) is 2. The number of halogens is 2. The summed E-state index contributed by atoms with van der Waals surface area (Å²) in [4.78, 5) is 35.1. The van der Waals surface area contributed by atoms with E-state index in [1.165, 1.54) is 17.2 Å². The van der Waals surface area contributed by atoms with Crippen LogP contribution in [0, 0.1) is 5.92 Å². The maximum absolute atomic E-state index is 15.8. The van der Waals surface area contributed by atoms with E-state index < -0.39 is 53.1 Å². The first-order chi connectivity index (χ1) is 20.3. The van der Waals surface area contributed by atoms with Crippen LogP contribution >= 0.6 is 30.0 Å². The van der Waals surface area contributed by atoms with Crippen molar-refractivity contribution in [2.45, 2.75) is 48.0 Å². The minimum absolute atomic E-state index is 0.00181. The van der Waals surface area contributed by atoms with Crippen molar-refractivity contribution < 1.29 is 32.7 Å². The molecule has 0 spiro atoms. The van der Waals surface area contributed by atoms with Crippen LogP contribution in [-0.2, 0) is 18.7 Å². The molecule has 6 rings (SSSR count). The Morgan fingerprint density at radius 3 is 2.83 bits per heavy atom. The van der Waals surface area contributed by atoms with Crippen LogP contribution in [0.5, 0.6) is 0 Å². The summed E-state index contributed by atoms with van der Waals surface area (Å²) < 4.78 is 50.7. The quantitative estimate of drug-likeness (QED) is 0.0813. The fourth-order valence-electron chi connectivity index (χ4n) is 5.05. The highest BCUT2D eigenvalue weighted by atomic mass is 32.2. The van der Waals surface area contributed by atoms with Crippen LogP contribution in [0.1, 0.15) is 18.0 Å². The Bertz CT molecular complexity index is 1630. The number of aromatic nitrogens is 9. The van der Waals surface area contributed by atoms with E-state index in [9.17, 15) is 10.1 Å². The molecule has 0 saturated carbocycles. The van der Waals surface area contributed by atoms with Crippen LogP contribution in [-0.4, -0.2) is 92.5 Å². The van der Waals surface area contributed by atoms with Crippen molar-refractivity contribution in [3.8, 4) is 0 Å². The standard InChI is InChI=1S/C20H25F2N11O6P2S/c21-8-6(7(3-36-40)37-17(8)32-5-27-10-13(23)25-4-26-14(10)32)1-2-41-39-19-9(22)12(38-35)18(42-19)33-15-11(30-31-33)16(34)29-20(24)28-15/h4-9,12,17-19,35,41H,1-3,40H2,(H2,23,25,26)(H3,24,28,29,34)/t6-,7-,8+,9+,12-,17-,18-,19?/m1/s1. The molecule has 2 saturated heterocycles. The van der Waals surface area contributed by atoms with Gasteiger partial charge in [-0.25, -0.2) is 33.3 Å². The molecule has 2 fully saturated rings. The van der Waals surface area contributed by atoms with E-state index in [0.717, 1.165) is 16.4 Å². The molecule has 0 aromatic carbocycles. The first kappa shape index (κ1) is 29.4. The van der Waals surface area contributed by atoms with Crippen molar-refractivity contribution in [2.75, 3.05) is 24.2 Å². The summed E-state index contributed by atoms with van der Waals surface area (Å²) in [5.41, 5.74) is 10.4. The van der Waals surface area contributed by atoms with E-state index in [4.69, 9.17) is 25.3 Å². The summed E-state index contributed by atoms with van der Waals surface area (Å²) in [7, 11) is 1.90. The second kappa shape index (κ2) is 12.1. The molecule has 4 aromatic heterocycles. The zero-order chi connectivity index (χ0) is 29.5. The number of fused-ring (bicyclic) bond motifs is 2. The molecular formula is C20H25F2N11O6P2S. The van der Waals surface area contributed by atoms with Gasteiger partial charge in [0.15, 0.2) is 47.3 Å². The summed E-state index contributed by atoms with van der Waals surface area (Å²) in [5.74, 6) is -0.581. The predicted octanol–water partition coefficient (Wildman–Crippen LogP) is 0.945. The average molecular weight is 648 g/mol. The zero-order valence-electron chi connectivity index (χ0n) is 21.4. The van der Waals surface area contributed by atoms with E-state index in [2.05, 4.69) is 49.6 Å². The van der Waals surface area contributed by atoms with Crippen LogP contribution in [0.25, 0.3) is 22.3 Å². The monoisotopic (exact) mass is 647 g/mol. The Hall–Kier alpha value is -2.70. The first-order valence-electron chi connectivity index (χ1n) is 12.5. The van der Waals surface area contributed by atoms with Crippen molar-refractivity contribution in [3.05, 3.63) is 23.0 Å². The summed E-state index contributed by atoms with van der Waals surface area (Å²) in [6, 6.07) is 0. The van der Waals surface area contributed by atoms with Crippen molar-refractivity contribution in [2.24, 2.45) is 5.92 Å². The van der Waals surface area contributed by atoms with E-state index in [1.807, 2.05) is 0 Å². The van der Waals surface area contributed by atoms with E-state index in [1.54, 1.807) is 0 Å². The lowest BCUT2D eigenvalue weighted by atomic mass is 9.96. The van der Waals surface area contributed by atoms with Crippen LogP contribution in [0.3, 0.4) is 0 Å². The minimum Gasteiger partial charge on any atom is -0.382 e. The molecule has 6 N–H and O–H groups in total. The molecule has 0 bridgehead atoms. The molecule has 226 valence electrons. The average Bonchev–Trinajstić information content (AvgIpc) is 3.72. The molecule has 17 nitrogen and oxygen atoms in total. The lowest BCUT2D eigenvalue weighted by molar-refractivity contribution is -0.293. The number of nitrogen functional groups attached to an aromatic ring is 2. The molecule has 22 heteroatoms. The highest BCUT2D eigenvalue weighted by Crippen LogP contribution is 2.48. The van der Waals surface area contributed by atoms with E-state index >= 15 is 8.78 Å². The number of aromatic amines is 1. The third-order valence-corrected chi connectivity index (χ3v) is 9.67. The van der Waals surface area contributed by atoms with Gasteiger partial charge in [0.1, 0.15) is 22.7 Å². The number of hydrogen-bond acceptors (Lipinski definition) is 15. The highest BCUT2D eigenvalue weighted by Gasteiger charge is 2.50. The van der Waals surface area contributed by atoms with Gasteiger partial charge in [-0.2, -0.15) is 4.98 Å². The Labute approximate surface area is 242 Å². The van der Waals surface area contributed by atoms with Crippen molar-refractivity contribution >= 4 is 64.1 Å². The summed E-state index contributed by atoms with van der Waals surface area (Å²) >= 11 is 0.967. The van der Waals surface area contributed by atoms with Crippen molar-refractivity contribution in [1.82, 2.24) is 44.5 Å². The molecule has 0 aliphatic carbocycles. The van der Waals surface area contributed by atoms with Gasteiger partial charge in [-0.1, -0.05) is 17.0 Å². The van der Waals surface area contributed by atoms with Gasteiger partial charge in [-0.15, -0.1) is 5.10 Å². The number of nitrogens with one attached hydrogen (secondary N) is 1. The fourth-order valence-corrected chi connectivity index (χ4v) is 7.72. The molecule has 2 aliphatic rings. The first-order valence-corrected chi connectivity index (χ1v) is 15.0. The third kappa shape index (κ3) is 5.19. The van der Waals surface area contributed by atoms with E-state index in [0.29, 0.717) is 23.7 Å². The molecule has 4 aromatic rings. The molecule has 6 heterocycles. The number of hydrogen-bond donors (Lipinski definition) is 4. The van der Waals surface area contributed by atoms with Gasteiger partial charge in [-0.3, -0.25) is 19.6 Å². The normalized spacial score (nSPS) is 30.0. The Morgan fingerprint density at radius 1 is 1.21 bits per heavy atom.